The Balaban J connectivity index is 1.98. The van der Waals surface area contributed by atoms with Gasteiger partial charge in [0.25, 0.3) is 10.2 Å². The molecule has 0 aromatic rings. The molecule has 2 rings (SSSR count). The van der Waals surface area contributed by atoms with Crippen LogP contribution in [0.3, 0.4) is 0 Å². The van der Waals surface area contributed by atoms with Crippen LogP contribution < -0.4 is 0 Å². The van der Waals surface area contributed by atoms with Gasteiger partial charge in [0.15, 0.2) is 0 Å². The summed E-state index contributed by atoms with van der Waals surface area (Å²) in [4.78, 5) is 10.9. The van der Waals surface area contributed by atoms with E-state index in [4.69, 9.17) is 5.11 Å². The maximum absolute atomic E-state index is 12.5. The molecular formula is C12H22N2O4S. The lowest BCUT2D eigenvalue weighted by Gasteiger charge is -2.33. The molecule has 0 aromatic carbocycles. The first-order valence-electron chi connectivity index (χ1n) is 7.00. The molecule has 2 aliphatic heterocycles. The fourth-order valence-corrected chi connectivity index (χ4v) is 4.49. The van der Waals surface area contributed by atoms with Crippen LogP contribution in [0.2, 0.25) is 0 Å². The highest BCUT2D eigenvalue weighted by molar-refractivity contribution is 7.86. The van der Waals surface area contributed by atoms with Gasteiger partial charge in [0, 0.05) is 26.2 Å². The van der Waals surface area contributed by atoms with Crippen molar-refractivity contribution in [3.63, 3.8) is 0 Å². The average Bonchev–Trinajstić information content (AvgIpc) is 2.68. The SMILES string of the molecule is O=C(O)C1CCN(S(=O)(=O)N2CCCCCC2)CC1. The van der Waals surface area contributed by atoms with Crippen molar-refractivity contribution in [2.75, 3.05) is 26.2 Å². The van der Waals surface area contributed by atoms with Crippen LogP contribution >= 0.6 is 0 Å². The zero-order valence-corrected chi connectivity index (χ0v) is 11.9. The van der Waals surface area contributed by atoms with E-state index in [9.17, 15) is 13.2 Å². The highest BCUT2D eigenvalue weighted by Crippen LogP contribution is 2.23. The Labute approximate surface area is 114 Å². The lowest BCUT2D eigenvalue weighted by molar-refractivity contribution is -0.142. The predicted molar refractivity (Wildman–Crippen MR) is 70.9 cm³/mol. The van der Waals surface area contributed by atoms with Crippen LogP contribution in [0.15, 0.2) is 0 Å². The van der Waals surface area contributed by atoms with Crippen molar-refractivity contribution in [3.8, 4) is 0 Å². The van der Waals surface area contributed by atoms with E-state index >= 15 is 0 Å². The summed E-state index contributed by atoms with van der Waals surface area (Å²) < 4.78 is 28.0. The van der Waals surface area contributed by atoms with Crippen LogP contribution in [-0.2, 0) is 15.0 Å². The summed E-state index contributed by atoms with van der Waals surface area (Å²) >= 11 is 0. The minimum atomic E-state index is -3.38. The monoisotopic (exact) mass is 290 g/mol. The standard InChI is InChI=1S/C12H22N2O4S/c15-12(16)11-5-9-14(10-6-11)19(17,18)13-7-3-1-2-4-8-13/h11H,1-10H2,(H,15,16). The molecule has 0 aromatic heterocycles. The van der Waals surface area contributed by atoms with E-state index in [0.29, 0.717) is 39.0 Å². The molecule has 6 nitrogen and oxygen atoms in total. The largest absolute Gasteiger partial charge is 0.481 e. The van der Waals surface area contributed by atoms with Crippen LogP contribution in [0.5, 0.6) is 0 Å². The molecule has 0 saturated carbocycles. The van der Waals surface area contributed by atoms with Gasteiger partial charge in [-0.1, -0.05) is 12.8 Å². The zero-order chi connectivity index (χ0) is 13.9. The molecule has 0 amide bonds. The first-order valence-corrected chi connectivity index (χ1v) is 8.39. The predicted octanol–water partition coefficient (Wildman–Crippen LogP) is 0.904. The number of carboxylic acids is 1. The number of nitrogens with zero attached hydrogens (tertiary/aromatic N) is 2. The molecule has 0 aliphatic carbocycles. The van der Waals surface area contributed by atoms with Crippen molar-refractivity contribution < 1.29 is 18.3 Å². The number of piperidine rings is 1. The third-order valence-electron chi connectivity index (χ3n) is 4.02. The topological polar surface area (TPSA) is 77.9 Å². The summed E-state index contributed by atoms with van der Waals surface area (Å²) in [5.41, 5.74) is 0. The lowest BCUT2D eigenvalue weighted by atomic mass is 9.99. The van der Waals surface area contributed by atoms with Gasteiger partial charge in [-0.2, -0.15) is 17.0 Å². The Morgan fingerprint density at radius 1 is 0.895 bits per heavy atom. The van der Waals surface area contributed by atoms with Crippen LogP contribution in [0.25, 0.3) is 0 Å². The van der Waals surface area contributed by atoms with Crippen molar-refractivity contribution in [3.05, 3.63) is 0 Å². The summed E-state index contributed by atoms with van der Waals surface area (Å²) in [6.45, 7) is 1.86. The number of carboxylic acid groups (broad SMARTS) is 1. The fraction of sp³-hybridized carbons (Fsp3) is 0.917. The summed E-state index contributed by atoms with van der Waals surface area (Å²) in [5.74, 6) is -1.21. The molecule has 110 valence electrons. The molecule has 0 atom stereocenters. The Kier molecular flexibility index (Phi) is 4.81. The van der Waals surface area contributed by atoms with E-state index in [0.717, 1.165) is 25.7 Å². The van der Waals surface area contributed by atoms with Gasteiger partial charge in [-0.15, -0.1) is 0 Å². The number of aliphatic carboxylic acids is 1. The van der Waals surface area contributed by atoms with Crippen molar-refractivity contribution in [1.29, 1.82) is 0 Å². The van der Waals surface area contributed by atoms with E-state index in [2.05, 4.69) is 0 Å². The van der Waals surface area contributed by atoms with Gasteiger partial charge in [0.2, 0.25) is 0 Å². The summed E-state index contributed by atoms with van der Waals surface area (Å²) in [6.07, 6.45) is 4.86. The molecular weight excluding hydrogens is 268 g/mol. The molecule has 2 heterocycles. The van der Waals surface area contributed by atoms with E-state index in [1.165, 1.54) is 4.31 Å². The van der Waals surface area contributed by atoms with Crippen molar-refractivity contribution in [2.45, 2.75) is 38.5 Å². The number of carbonyl (C=O) groups is 1. The maximum Gasteiger partial charge on any atom is 0.306 e. The molecule has 2 aliphatic rings. The second-order valence-corrected chi connectivity index (χ2v) is 7.26. The van der Waals surface area contributed by atoms with E-state index in [1.807, 2.05) is 0 Å². The highest BCUT2D eigenvalue weighted by atomic mass is 32.2. The van der Waals surface area contributed by atoms with Gasteiger partial charge in [0.1, 0.15) is 0 Å². The normalized spacial score (nSPS) is 25.1. The minimum absolute atomic E-state index is 0.329. The van der Waals surface area contributed by atoms with Crippen LogP contribution in [0.4, 0.5) is 0 Å². The van der Waals surface area contributed by atoms with E-state index in [1.54, 1.807) is 4.31 Å². The first kappa shape index (κ1) is 14.7. The van der Waals surface area contributed by atoms with Gasteiger partial charge >= 0.3 is 5.97 Å². The number of rotatable bonds is 3. The molecule has 7 heteroatoms. The Hall–Kier alpha value is -0.660. The van der Waals surface area contributed by atoms with Gasteiger partial charge in [-0.25, -0.2) is 0 Å². The molecule has 1 N–H and O–H groups in total. The van der Waals surface area contributed by atoms with Gasteiger partial charge in [-0.05, 0) is 25.7 Å². The van der Waals surface area contributed by atoms with Crippen molar-refractivity contribution in [2.24, 2.45) is 5.92 Å². The smallest absolute Gasteiger partial charge is 0.306 e. The molecule has 0 spiro atoms. The Bertz CT molecular complexity index is 407. The molecule has 0 radical (unpaired) electrons. The fourth-order valence-electron chi connectivity index (χ4n) is 2.77. The second-order valence-electron chi connectivity index (χ2n) is 5.33. The second kappa shape index (κ2) is 6.19. The van der Waals surface area contributed by atoms with E-state index < -0.39 is 22.1 Å². The summed E-state index contributed by atoms with van der Waals surface area (Å²) in [6, 6.07) is 0. The van der Waals surface area contributed by atoms with Gasteiger partial charge in [-0.3, -0.25) is 4.79 Å². The average molecular weight is 290 g/mol. The van der Waals surface area contributed by atoms with Gasteiger partial charge < -0.3 is 5.11 Å². The first-order chi connectivity index (χ1) is 9.01. The maximum atomic E-state index is 12.5. The molecule has 19 heavy (non-hydrogen) atoms. The quantitative estimate of drug-likeness (QED) is 0.838. The van der Waals surface area contributed by atoms with Crippen molar-refractivity contribution in [1.82, 2.24) is 8.61 Å². The number of hydrogen-bond donors (Lipinski definition) is 1. The lowest BCUT2D eigenvalue weighted by Crippen LogP contribution is -2.48. The van der Waals surface area contributed by atoms with Crippen LogP contribution in [0, 0.1) is 5.92 Å². The number of hydrogen-bond acceptors (Lipinski definition) is 3. The third-order valence-corrected chi connectivity index (χ3v) is 6.06. The van der Waals surface area contributed by atoms with Gasteiger partial charge in [0.05, 0.1) is 5.92 Å². The Morgan fingerprint density at radius 2 is 1.37 bits per heavy atom. The molecule has 2 fully saturated rings. The summed E-state index contributed by atoms with van der Waals surface area (Å²) in [7, 11) is -3.38. The van der Waals surface area contributed by atoms with E-state index in [-0.39, 0.29) is 0 Å². The minimum Gasteiger partial charge on any atom is -0.481 e. The van der Waals surface area contributed by atoms with Crippen molar-refractivity contribution >= 4 is 16.2 Å². The molecule has 0 unspecified atom stereocenters. The zero-order valence-electron chi connectivity index (χ0n) is 11.1. The highest BCUT2D eigenvalue weighted by Gasteiger charge is 2.34. The molecule has 0 bridgehead atoms. The van der Waals surface area contributed by atoms with Crippen LogP contribution in [0.1, 0.15) is 38.5 Å². The summed E-state index contributed by atoms with van der Waals surface area (Å²) in [5, 5.41) is 8.93. The Morgan fingerprint density at radius 3 is 1.84 bits per heavy atom. The third kappa shape index (κ3) is 3.46. The van der Waals surface area contributed by atoms with Crippen LogP contribution in [-0.4, -0.2) is 54.3 Å². The molecule has 2 saturated heterocycles.